The molecule has 1 fully saturated rings. The molecule has 1 amide bonds. The number of hydrogen-bond acceptors (Lipinski definition) is 4. The summed E-state index contributed by atoms with van der Waals surface area (Å²) in [4.78, 5) is 16.0. The highest BCUT2D eigenvalue weighted by Crippen LogP contribution is 2.28. The van der Waals surface area contributed by atoms with E-state index in [-0.39, 0.29) is 12.5 Å². The molecule has 1 aliphatic carbocycles. The molecule has 0 aromatic carbocycles. The Balaban J connectivity index is 1.99. The van der Waals surface area contributed by atoms with Gasteiger partial charge in [0.05, 0.1) is 12.7 Å². The average Bonchev–Trinajstić information content (AvgIpc) is 2.83. The fraction of sp³-hybridized carbons (Fsp3) is 0.538. The van der Waals surface area contributed by atoms with Gasteiger partial charge in [0, 0.05) is 12.7 Å². The van der Waals surface area contributed by atoms with E-state index in [1.54, 1.807) is 18.3 Å². The van der Waals surface area contributed by atoms with Crippen LogP contribution in [0.25, 0.3) is 0 Å². The summed E-state index contributed by atoms with van der Waals surface area (Å²) in [7, 11) is 1.48. The number of carbonyl (C=O) groups excluding carboxylic acids is 1. The summed E-state index contributed by atoms with van der Waals surface area (Å²) in [5.41, 5.74) is -0.355. The molecule has 1 heterocycles. The molecule has 2 N–H and O–H groups in total. The first-order valence-electron chi connectivity index (χ1n) is 6.14. The predicted octanol–water partition coefficient (Wildman–Crippen LogP) is 1.13. The molecule has 5 heteroatoms. The van der Waals surface area contributed by atoms with Crippen molar-refractivity contribution in [3.05, 3.63) is 23.9 Å². The number of hydrogen-bond donors (Lipinski definition) is 2. The first kappa shape index (κ1) is 12.8. The van der Waals surface area contributed by atoms with Gasteiger partial charge in [-0.05, 0) is 25.0 Å². The first-order chi connectivity index (χ1) is 8.64. The zero-order chi connectivity index (χ0) is 13.0. The maximum atomic E-state index is 12.0. The molecule has 5 nitrogen and oxygen atoms in total. The number of methoxy groups -OCH3 is 1. The van der Waals surface area contributed by atoms with Crippen LogP contribution in [0.4, 0.5) is 0 Å². The van der Waals surface area contributed by atoms with E-state index in [1.165, 1.54) is 7.11 Å². The molecule has 0 saturated heterocycles. The topological polar surface area (TPSA) is 71.5 Å². The van der Waals surface area contributed by atoms with Crippen LogP contribution in [0.5, 0.6) is 5.88 Å². The van der Waals surface area contributed by atoms with Crippen molar-refractivity contribution in [2.45, 2.75) is 31.3 Å². The molecule has 0 radical (unpaired) electrons. The van der Waals surface area contributed by atoms with Crippen LogP contribution in [-0.2, 0) is 0 Å². The van der Waals surface area contributed by atoms with Gasteiger partial charge in [0.15, 0.2) is 0 Å². The van der Waals surface area contributed by atoms with Crippen molar-refractivity contribution >= 4 is 5.91 Å². The molecule has 1 aromatic rings. The summed E-state index contributed by atoms with van der Waals surface area (Å²) < 4.78 is 5.03. The van der Waals surface area contributed by atoms with Crippen molar-refractivity contribution < 1.29 is 14.6 Å². The summed E-state index contributed by atoms with van der Waals surface area (Å²) in [6.45, 7) is 0.282. The predicted molar refractivity (Wildman–Crippen MR) is 66.5 cm³/mol. The van der Waals surface area contributed by atoms with Crippen molar-refractivity contribution in [3.8, 4) is 5.88 Å². The van der Waals surface area contributed by atoms with E-state index in [2.05, 4.69) is 10.3 Å². The number of nitrogens with one attached hydrogen (secondary N) is 1. The third kappa shape index (κ3) is 2.79. The second-order valence-corrected chi connectivity index (χ2v) is 4.67. The minimum absolute atomic E-state index is 0.264. The van der Waals surface area contributed by atoms with Crippen LogP contribution in [0.2, 0.25) is 0 Å². The lowest BCUT2D eigenvalue weighted by Gasteiger charge is -2.22. The summed E-state index contributed by atoms with van der Waals surface area (Å²) >= 11 is 0. The van der Waals surface area contributed by atoms with Crippen molar-refractivity contribution in [2.24, 2.45) is 0 Å². The van der Waals surface area contributed by atoms with E-state index >= 15 is 0 Å². The van der Waals surface area contributed by atoms with Gasteiger partial charge in [-0.1, -0.05) is 12.8 Å². The van der Waals surface area contributed by atoms with Crippen LogP contribution in [0.15, 0.2) is 18.3 Å². The number of rotatable bonds is 4. The van der Waals surface area contributed by atoms with Crippen LogP contribution in [0.1, 0.15) is 36.0 Å². The maximum absolute atomic E-state index is 12.0. The zero-order valence-corrected chi connectivity index (χ0v) is 10.5. The fourth-order valence-corrected chi connectivity index (χ4v) is 2.28. The van der Waals surface area contributed by atoms with E-state index in [0.717, 1.165) is 25.7 Å². The van der Waals surface area contributed by atoms with Crippen LogP contribution in [0.3, 0.4) is 0 Å². The Morgan fingerprint density at radius 1 is 1.56 bits per heavy atom. The molecule has 0 unspecified atom stereocenters. The average molecular weight is 250 g/mol. The van der Waals surface area contributed by atoms with E-state index in [4.69, 9.17) is 4.74 Å². The highest BCUT2D eigenvalue weighted by atomic mass is 16.5. The Bertz CT molecular complexity index is 428. The number of ether oxygens (including phenoxy) is 1. The van der Waals surface area contributed by atoms with E-state index in [1.807, 2.05) is 0 Å². The molecule has 98 valence electrons. The summed E-state index contributed by atoms with van der Waals surface area (Å²) in [5.74, 6) is 0.0358. The van der Waals surface area contributed by atoms with Gasteiger partial charge in [0.1, 0.15) is 5.56 Å². The lowest BCUT2D eigenvalue weighted by atomic mass is 10.0. The number of carbonyl (C=O) groups is 1. The normalized spacial score (nSPS) is 17.4. The van der Waals surface area contributed by atoms with E-state index < -0.39 is 5.60 Å². The van der Waals surface area contributed by atoms with E-state index in [9.17, 15) is 9.90 Å². The van der Waals surface area contributed by atoms with Gasteiger partial charge in [-0.15, -0.1) is 0 Å². The van der Waals surface area contributed by atoms with Crippen LogP contribution in [0, 0.1) is 0 Å². The molecule has 2 rings (SSSR count). The molecule has 1 saturated carbocycles. The Morgan fingerprint density at radius 3 is 2.94 bits per heavy atom. The number of aromatic nitrogens is 1. The van der Waals surface area contributed by atoms with Crippen LogP contribution in [-0.4, -0.2) is 35.3 Å². The van der Waals surface area contributed by atoms with Crippen molar-refractivity contribution in [1.82, 2.24) is 10.3 Å². The molecule has 0 aliphatic heterocycles. The lowest BCUT2D eigenvalue weighted by Crippen LogP contribution is -2.40. The fourth-order valence-electron chi connectivity index (χ4n) is 2.28. The van der Waals surface area contributed by atoms with Crippen LogP contribution < -0.4 is 10.1 Å². The van der Waals surface area contributed by atoms with E-state index in [0.29, 0.717) is 11.4 Å². The highest BCUT2D eigenvalue weighted by Gasteiger charge is 2.31. The molecule has 0 atom stereocenters. The minimum atomic E-state index is -0.745. The van der Waals surface area contributed by atoms with Gasteiger partial charge in [-0.3, -0.25) is 4.79 Å². The van der Waals surface area contributed by atoms with Gasteiger partial charge in [0.25, 0.3) is 5.91 Å². The summed E-state index contributed by atoms with van der Waals surface area (Å²) in [6.07, 6.45) is 5.10. The lowest BCUT2D eigenvalue weighted by molar-refractivity contribution is 0.0449. The number of nitrogens with zero attached hydrogens (tertiary/aromatic N) is 1. The Hall–Kier alpha value is -1.62. The van der Waals surface area contributed by atoms with Crippen molar-refractivity contribution in [3.63, 3.8) is 0 Å². The Labute approximate surface area is 106 Å². The zero-order valence-electron chi connectivity index (χ0n) is 10.5. The van der Waals surface area contributed by atoms with Gasteiger partial charge in [-0.2, -0.15) is 0 Å². The van der Waals surface area contributed by atoms with Crippen molar-refractivity contribution in [2.75, 3.05) is 13.7 Å². The molecule has 1 aliphatic rings. The second kappa shape index (κ2) is 5.35. The van der Waals surface area contributed by atoms with Crippen LogP contribution >= 0.6 is 0 Å². The highest BCUT2D eigenvalue weighted by molar-refractivity contribution is 5.96. The Morgan fingerprint density at radius 2 is 2.28 bits per heavy atom. The van der Waals surface area contributed by atoms with Gasteiger partial charge >= 0.3 is 0 Å². The number of amides is 1. The molecule has 18 heavy (non-hydrogen) atoms. The molecular formula is C13H18N2O3. The largest absolute Gasteiger partial charge is 0.480 e. The first-order valence-corrected chi connectivity index (χ1v) is 6.14. The SMILES string of the molecule is COc1ncccc1C(=O)NCC1(O)CCCC1. The van der Waals surface area contributed by atoms with Gasteiger partial charge in [-0.25, -0.2) is 4.98 Å². The van der Waals surface area contributed by atoms with Crippen molar-refractivity contribution in [1.29, 1.82) is 0 Å². The quantitative estimate of drug-likeness (QED) is 0.840. The smallest absolute Gasteiger partial charge is 0.256 e. The number of aliphatic hydroxyl groups is 1. The monoisotopic (exact) mass is 250 g/mol. The standard InChI is InChI=1S/C13H18N2O3/c1-18-12-10(5-4-8-14-12)11(16)15-9-13(17)6-2-3-7-13/h4-5,8,17H,2-3,6-7,9H2,1H3,(H,15,16). The van der Waals surface area contributed by atoms with Gasteiger partial charge < -0.3 is 15.2 Å². The third-order valence-electron chi connectivity index (χ3n) is 3.32. The summed E-state index contributed by atoms with van der Waals surface area (Å²) in [5, 5.41) is 12.9. The molecule has 0 spiro atoms. The van der Waals surface area contributed by atoms with Gasteiger partial charge in [0.2, 0.25) is 5.88 Å². The number of pyridine rings is 1. The second-order valence-electron chi connectivity index (χ2n) is 4.67. The maximum Gasteiger partial charge on any atom is 0.256 e. The molecule has 0 bridgehead atoms. The molecular weight excluding hydrogens is 232 g/mol. The molecule has 1 aromatic heterocycles. The Kier molecular flexibility index (Phi) is 3.81. The summed E-state index contributed by atoms with van der Waals surface area (Å²) in [6, 6.07) is 3.33. The third-order valence-corrected chi connectivity index (χ3v) is 3.32. The minimum Gasteiger partial charge on any atom is -0.480 e.